The maximum atomic E-state index is 6.20. The molecule has 0 amide bonds. The van der Waals surface area contributed by atoms with Crippen molar-refractivity contribution in [3.63, 3.8) is 0 Å². The second-order valence-electron chi connectivity index (χ2n) is 4.16. The maximum Gasteiger partial charge on any atom is 0.0648 e. The van der Waals surface area contributed by atoms with Crippen molar-refractivity contribution < 1.29 is 0 Å². The molecule has 0 fully saturated rings. The average molecular weight is 427 g/mol. The van der Waals surface area contributed by atoms with E-state index in [1.54, 1.807) is 6.07 Å². The number of anilines is 1. The van der Waals surface area contributed by atoms with E-state index in [1.165, 1.54) is 0 Å². The first-order valence-corrected chi connectivity index (χ1v) is 7.85. The molecule has 0 radical (unpaired) electrons. The van der Waals surface area contributed by atoms with Crippen LogP contribution in [0.5, 0.6) is 0 Å². The Labute approximate surface area is 141 Å². The molecule has 0 aliphatic rings. The Morgan fingerprint density at radius 3 is 2.32 bits per heavy atom. The lowest BCUT2D eigenvalue weighted by atomic mass is 10.1. The van der Waals surface area contributed by atoms with Crippen LogP contribution in [0.25, 0.3) is 0 Å². The van der Waals surface area contributed by atoms with Crippen LogP contribution >= 0.6 is 57.4 Å². The van der Waals surface area contributed by atoms with Crippen LogP contribution in [0.3, 0.4) is 0 Å². The minimum absolute atomic E-state index is 0.0901. The van der Waals surface area contributed by atoms with E-state index in [1.807, 2.05) is 37.3 Å². The van der Waals surface area contributed by atoms with Gasteiger partial charge in [-0.2, -0.15) is 0 Å². The Balaban J connectivity index is 2.20. The van der Waals surface area contributed by atoms with Crippen LogP contribution in [0.2, 0.25) is 15.1 Å². The Bertz CT molecular complexity index is 601. The molecule has 1 N–H and O–H groups in total. The van der Waals surface area contributed by atoms with Crippen LogP contribution in [-0.4, -0.2) is 0 Å². The summed E-state index contributed by atoms with van der Waals surface area (Å²) in [5.41, 5.74) is 1.96. The SMILES string of the molecule is CC(Nc1ccc(I)cc1Cl)c1ccc(Cl)c(Cl)c1. The molecule has 0 aliphatic heterocycles. The topological polar surface area (TPSA) is 12.0 Å². The van der Waals surface area contributed by atoms with Gasteiger partial charge >= 0.3 is 0 Å². The first-order chi connectivity index (χ1) is 8.97. The van der Waals surface area contributed by atoms with Gasteiger partial charge in [0.05, 0.1) is 20.8 Å². The summed E-state index contributed by atoms with van der Waals surface area (Å²) >= 11 is 20.4. The molecule has 2 rings (SSSR count). The predicted molar refractivity (Wildman–Crippen MR) is 92.7 cm³/mol. The van der Waals surface area contributed by atoms with Gasteiger partial charge in [0.25, 0.3) is 0 Å². The highest BCUT2D eigenvalue weighted by Gasteiger charge is 2.09. The highest BCUT2D eigenvalue weighted by atomic mass is 127. The van der Waals surface area contributed by atoms with Gasteiger partial charge in [0.2, 0.25) is 0 Å². The van der Waals surface area contributed by atoms with Gasteiger partial charge in [-0.3, -0.25) is 0 Å². The highest BCUT2D eigenvalue weighted by Crippen LogP contribution is 2.30. The molecule has 100 valence electrons. The standard InChI is InChI=1S/C14H11Cl3IN/c1-8(9-2-4-11(15)12(16)6-9)19-14-5-3-10(18)7-13(14)17/h2-8,19H,1H3. The maximum absolute atomic E-state index is 6.20. The summed E-state index contributed by atoms with van der Waals surface area (Å²) < 4.78 is 1.11. The number of halogens is 4. The molecule has 0 saturated heterocycles. The molecule has 2 aromatic rings. The smallest absolute Gasteiger partial charge is 0.0648 e. The Morgan fingerprint density at radius 1 is 0.947 bits per heavy atom. The number of hydrogen-bond acceptors (Lipinski definition) is 1. The third kappa shape index (κ3) is 3.91. The van der Waals surface area contributed by atoms with Gasteiger partial charge in [-0.05, 0) is 65.4 Å². The number of benzene rings is 2. The second-order valence-corrected chi connectivity index (χ2v) is 6.63. The quantitative estimate of drug-likeness (QED) is 0.558. The fourth-order valence-electron chi connectivity index (χ4n) is 1.70. The summed E-state index contributed by atoms with van der Waals surface area (Å²) in [6.07, 6.45) is 0. The zero-order valence-corrected chi connectivity index (χ0v) is 14.5. The molecule has 0 saturated carbocycles. The van der Waals surface area contributed by atoms with Gasteiger partial charge < -0.3 is 5.32 Å². The molecular formula is C14H11Cl3IN. The molecule has 0 aromatic heterocycles. The van der Waals surface area contributed by atoms with Crippen molar-refractivity contribution in [2.75, 3.05) is 5.32 Å². The lowest BCUT2D eigenvalue weighted by Gasteiger charge is -2.17. The van der Waals surface area contributed by atoms with Crippen LogP contribution in [0.15, 0.2) is 36.4 Å². The molecule has 1 atom stereocenters. The first-order valence-electron chi connectivity index (χ1n) is 5.64. The van der Waals surface area contributed by atoms with E-state index >= 15 is 0 Å². The molecule has 1 unspecified atom stereocenters. The van der Waals surface area contributed by atoms with E-state index < -0.39 is 0 Å². The van der Waals surface area contributed by atoms with Crippen LogP contribution < -0.4 is 5.32 Å². The van der Waals surface area contributed by atoms with E-state index in [-0.39, 0.29) is 6.04 Å². The van der Waals surface area contributed by atoms with Crippen molar-refractivity contribution in [2.45, 2.75) is 13.0 Å². The molecule has 0 heterocycles. The lowest BCUT2D eigenvalue weighted by molar-refractivity contribution is 0.885. The number of nitrogens with one attached hydrogen (secondary N) is 1. The van der Waals surface area contributed by atoms with Crippen molar-refractivity contribution in [2.24, 2.45) is 0 Å². The Kier molecular flexibility index (Phi) is 5.23. The lowest BCUT2D eigenvalue weighted by Crippen LogP contribution is -2.07. The van der Waals surface area contributed by atoms with Crippen LogP contribution in [0, 0.1) is 3.57 Å². The first kappa shape index (κ1) is 15.2. The molecule has 2 aromatic carbocycles. The van der Waals surface area contributed by atoms with E-state index in [4.69, 9.17) is 34.8 Å². The molecule has 0 spiro atoms. The van der Waals surface area contributed by atoms with Crippen molar-refractivity contribution in [3.05, 3.63) is 60.6 Å². The Morgan fingerprint density at radius 2 is 1.68 bits per heavy atom. The van der Waals surface area contributed by atoms with Crippen LogP contribution in [0.1, 0.15) is 18.5 Å². The molecule has 19 heavy (non-hydrogen) atoms. The minimum Gasteiger partial charge on any atom is -0.377 e. The molecule has 1 nitrogen and oxygen atoms in total. The van der Waals surface area contributed by atoms with Crippen molar-refractivity contribution in [3.8, 4) is 0 Å². The van der Waals surface area contributed by atoms with Gasteiger partial charge in [-0.25, -0.2) is 0 Å². The van der Waals surface area contributed by atoms with Crippen molar-refractivity contribution in [1.29, 1.82) is 0 Å². The third-order valence-corrected chi connectivity index (χ3v) is 4.47. The normalized spacial score (nSPS) is 12.3. The Hall–Kier alpha value is -0.160. The van der Waals surface area contributed by atoms with Crippen LogP contribution in [0.4, 0.5) is 5.69 Å². The van der Waals surface area contributed by atoms with Gasteiger partial charge in [-0.1, -0.05) is 40.9 Å². The van der Waals surface area contributed by atoms with Gasteiger partial charge in [-0.15, -0.1) is 0 Å². The molecule has 0 bridgehead atoms. The monoisotopic (exact) mass is 425 g/mol. The largest absolute Gasteiger partial charge is 0.377 e. The minimum atomic E-state index is 0.0901. The fourth-order valence-corrected chi connectivity index (χ4v) is 2.92. The third-order valence-electron chi connectivity index (χ3n) is 2.75. The zero-order valence-electron chi connectivity index (χ0n) is 10.1. The van der Waals surface area contributed by atoms with Crippen molar-refractivity contribution in [1.82, 2.24) is 0 Å². The predicted octanol–water partition coefficient (Wildman–Crippen LogP) is 6.42. The summed E-state index contributed by atoms with van der Waals surface area (Å²) in [4.78, 5) is 0. The average Bonchev–Trinajstić information content (AvgIpc) is 2.36. The zero-order chi connectivity index (χ0) is 14.0. The molecule has 5 heteroatoms. The van der Waals surface area contributed by atoms with E-state index in [0.29, 0.717) is 15.1 Å². The summed E-state index contributed by atoms with van der Waals surface area (Å²) in [6, 6.07) is 11.6. The molecular weight excluding hydrogens is 415 g/mol. The van der Waals surface area contributed by atoms with Crippen molar-refractivity contribution >= 4 is 63.1 Å². The summed E-state index contributed by atoms with van der Waals surface area (Å²) in [6.45, 7) is 2.05. The molecule has 0 aliphatic carbocycles. The number of rotatable bonds is 3. The van der Waals surface area contributed by atoms with Gasteiger partial charge in [0.1, 0.15) is 0 Å². The fraction of sp³-hybridized carbons (Fsp3) is 0.143. The summed E-state index contributed by atoms with van der Waals surface area (Å²) in [5, 5.41) is 5.19. The van der Waals surface area contributed by atoms with Crippen LogP contribution in [-0.2, 0) is 0 Å². The van der Waals surface area contributed by atoms with E-state index in [9.17, 15) is 0 Å². The van der Waals surface area contributed by atoms with E-state index in [0.717, 1.165) is 14.8 Å². The van der Waals surface area contributed by atoms with Gasteiger partial charge in [0, 0.05) is 9.61 Å². The summed E-state index contributed by atoms with van der Waals surface area (Å²) in [5.74, 6) is 0. The van der Waals surface area contributed by atoms with Gasteiger partial charge in [0.15, 0.2) is 0 Å². The van der Waals surface area contributed by atoms with E-state index in [2.05, 4.69) is 27.9 Å². The number of hydrogen-bond donors (Lipinski definition) is 1. The summed E-state index contributed by atoms with van der Waals surface area (Å²) in [7, 11) is 0. The highest BCUT2D eigenvalue weighted by molar-refractivity contribution is 14.1. The second kappa shape index (κ2) is 6.53.